The smallest absolute Gasteiger partial charge is 0.298 e. The summed E-state index contributed by atoms with van der Waals surface area (Å²) >= 11 is 1.13. The maximum atomic E-state index is 12.8. The van der Waals surface area contributed by atoms with E-state index in [1.165, 1.54) is 7.11 Å². The largest absolute Gasteiger partial charge is 0.497 e. The molecular weight excluding hydrogens is 482 g/mol. The highest BCUT2D eigenvalue weighted by Crippen LogP contribution is 2.34. The number of ether oxygens (including phenoxy) is 5. The van der Waals surface area contributed by atoms with E-state index in [4.69, 9.17) is 23.7 Å². The Morgan fingerprint density at radius 2 is 1.86 bits per heavy atom. The second-order valence-electron chi connectivity index (χ2n) is 7.84. The van der Waals surface area contributed by atoms with Gasteiger partial charge >= 0.3 is 0 Å². The number of nitrogens with zero attached hydrogens (tertiary/aromatic N) is 2. The molecule has 9 nitrogen and oxygen atoms in total. The average Bonchev–Trinajstić information content (AvgIpc) is 3.56. The van der Waals surface area contributed by atoms with Gasteiger partial charge in [0.1, 0.15) is 5.75 Å². The molecule has 0 saturated carbocycles. The molecule has 0 bridgehead atoms. The van der Waals surface area contributed by atoms with Crippen LogP contribution in [0, 0.1) is 0 Å². The Bertz CT molecular complexity index is 1390. The molecule has 1 aromatic heterocycles. The lowest BCUT2D eigenvalue weighted by atomic mass is 10.1. The Morgan fingerprint density at radius 1 is 0.972 bits per heavy atom. The molecule has 5 rings (SSSR count). The Labute approximate surface area is 211 Å². The maximum absolute atomic E-state index is 12.8. The second-order valence-corrected chi connectivity index (χ2v) is 8.56. The van der Waals surface area contributed by atoms with Gasteiger partial charge in [0.05, 0.1) is 14.2 Å². The highest BCUT2D eigenvalue weighted by molar-refractivity contribution is 7.07. The lowest BCUT2D eigenvalue weighted by Gasteiger charge is -2.11. The van der Waals surface area contributed by atoms with Gasteiger partial charge in [-0.3, -0.25) is 4.79 Å². The van der Waals surface area contributed by atoms with Crippen molar-refractivity contribution in [3.05, 3.63) is 83.2 Å². The van der Waals surface area contributed by atoms with Crippen molar-refractivity contribution < 1.29 is 28.5 Å². The summed E-state index contributed by atoms with van der Waals surface area (Å²) in [5.41, 5.74) is 2.35. The molecule has 4 aromatic rings. The number of benzene rings is 3. The Balaban J connectivity index is 1.26. The zero-order valence-electron chi connectivity index (χ0n) is 19.6. The van der Waals surface area contributed by atoms with E-state index in [9.17, 15) is 4.79 Å². The predicted molar refractivity (Wildman–Crippen MR) is 133 cm³/mol. The van der Waals surface area contributed by atoms with Crippen molar-refractivity contribution in [3.63, 3.8) is 0 Å². The van der Waals surface area contributed by atoms with Crippen LogP contribution < -0.4 is 29.0 Å². The minimum absolute atomic E-state index is 0.205. The summed E-state index contributed by atoms with van der Waals surface area (Å²) in [6.07, 6.45) is 0.538. The van der Waals surface area contributed by atoms with E-state index >= 15 is 0 Å². The molecule has 36 heavy (non-hydrogen) atoms. The van der Waals surface area contributed by atoms with Gasteiger partial charge in [0.2, 0.25) is 6.79 Å². The third kappa shape index (κ3) is 5.33. The van der Waals surface area contributed by atoms with E-state index in [1.54, 1.807) is 25.3 Å². The number of nitrogens with one attached hydrogen (secondary N) is 1. The van der Waals surface area contributed by atoms with Crippen molar-refractivity contribution >= 4 is 17.4 Å². The fourth-order valence-corrected chi connectivity index (χ4v) is 4.21. The number of carbonyl (C=O) groups excluding carboxylic acids is 1. The molecule has 0 saturated heterocycles. The molecule has 184 valence electrons. The second kappa shape index (κ2) is 10.5. The van der Waals surface area contributed by atoms with E-state index in [0.717, 1.165) is 28.4 Å². The summed E-state index contributed by atoms with van der Waals surface area (Å²) in [6.45, 7) is 0.540. The normalized spacial score (nSPS) is 11.7. The maximum Gasteiger partial charge on any atom is 0.298 e. The molecule has 3 aromatic carbocycles. The van der Waals surface area contributed by atoms with Crippen LogP contribution in [0.4, 0.5) is 0 Å². The van der Waals surface area contributed by atoms with Crippen LogP contribution in [0.15, 0.2) is 60.7 Å². The Kier molecular flexibility index (Phi) is 6.85. The fourth-order valence-electron chi connectivity index (χ4n) is 3.64. The number of aromatic nitrogens is 2. The Morgan fingerprint density at radius 3 is 2.72 bits per heavy atom. The number of hydrogen-bond acceptors (Lipinski definition) is 9. The summed E-state index contributed by atoms with van der Waals surface area (Å²) in [7, 11) is 3.17. The summed E-state index contributed by atoms with van der Waals surface area (Å²) in [4.78, 5) is 17.3. The summed E-state index contributed by atoms with van der Waals surface area (Å²) in [6, 6.07) is 18.3. The third-order valence-corrected chi connectivity index (χ3v) is 6.09. The van der Waals surface area contributed by atoms with Gasteiger partial charge in [0.25, 0.3) is 11.1 Å². The fraction of sp³-hybridized carbons (Fsp3) is 0.192. The van der Waals surface area contributed by atoms with E-state index in [0.29, 0.717) is 52.5 Å². The number of methoxy groups -OCH3 is 2. The van der Waals surface area contributed by atoms with Gasteiger partial charge in [0, 0.05) is 30.1 Å². The number of rotatable bonds is 9. The van der Waals surface area contributed by atoms with Gasteiger partial charge in [-0.2, -0.15) is 9.36 Å². The van der Waals surface area contributed by atoms with Gasteiger partial charge in [-0.15, -0.1) is 0 Å². The molecule has 10 heteroatoms. The van der Waals surface area contributed by atoms with E-state index in [2.05, 4.69) is 14.7 Å². The van der Waals surface area contributed by atoms with Gasteiger partial charge in [-0.05, 0) is 53.6 Å². The molecular formula is C26H23N3O6S. The van der Waals surface area contributed by atoms with Gasteiger partial charge in [0.15, 0.2) is 28.8 Å². The zero-order chi connectivity index (χ0) is 24.9. The first-order valence-corrected chi connectivity index (χ1v) is 11.9. The summed E-state index contributed by atoms with van der Waals surface area (Å²) in [5, 5.41) is 3.26. The molecule has 0 fully saturated rings. The lowest BCUT2D eigenvalue weighted by molar-refractivity contribution is 0.0950. The van der Waals surface area contributed by atoms with Crippen LogP contribution in [-0.2, 0) is 13.0 Å². The lowest BCUT2D eigenvalue weighted by Crippen LogP contribution is -2.22. The summed E-state index contributed by atoms with van der Waals surface area (Å²) < 4.78 is 31.7. The standard InChI is InChI=1S/C26H23N3O6S/c1-31-19-5-3-4-16(10-19)12-24-28-26(36-29-24)35-23-13-18(7-9-20(23)32-2)25(30)27-14-17-6-8-21-22(11-17)34-15-33-21/h3-11,13H,12,14-15H2,1-2H3,(H,27,30). The first kappa shape index (κ1) is 23.4. The van der Waals surface area contributed by atoms with E-state index < -0.39 is 0 Å². The van der Waals surface area contributed by atoms with Gasteiger partial charge in [-0.25, -0.2) is 0 Å². The van der Waals surface area contributed by atoms with Crippen LogP contribution in [0.25, 0.3) is 0 Å². The molecule has 1 N–H and O–H groups in total. The number of amides is 1. The molecule has 0 aliphatic carbocycles. The van der Waals surface area contributed by atoms with Crippen LogP contribution in [0.3, 0.4) is 0 Å². The number of hydrogen-bond donors (Lipinski definition) is 1. The van der Waals surface area contributed by atoms with Crippen LogP contribution in [-0.4, -0.2) is 36.3 Å². The zero-order valence-corrected chi connectivity index (χ0v) is 20.5. The first-order chi connectivity index (χ1) is 17.6. The number of carbonyl (C=O) groups is 1. The van der Waals surface area contributed by atoms with E-state index in [1.807, 2.05) is 42.5 Å². The highest BCUT2D eigenvalue weighted by Gasteiger charge is 2.16. The van der Waals surface area contributed by atoms with Crippen molar-refractivity contribution in [2.75, 3.05) is 21.0 Å². The third-order valence-electron chi connectivity index (χ3n) is 5.46. The van der Waals surface area contributed by atoms with Crippen molar-refractivity contribution in [1.82, 2.24) is 14.7 Å². The van der Waals surface area contributed by atoms with Crippen LogP contribution in [0.1, 0.15) is 27.3 Å². The molecule has 2 heterocycles. The highest BCUT2D eigenvalue weighted by atomic mass is 32.1. The summed E-state index contributed by atoms with van der Waals surface area (Å²) in [5.74, 6) is 3.37. The van der Waals surface area contributed by atoms with Crippen LogP contribution >= 0.6 is 11.5 Å². The molecule has 0 spiro atoms. The van der Waals surface area contributed by atoms with Crippen LogP contribution in [0.5, 0.6) is 33.9 Å². The first-order valence-electron chi connectivity index (χ1n) is 11.1. The molecule has 1 aliphatic heterocycles. The van der Waals surface area contributed by atoms with Crippen LogP contribution in [0.2, 0.25) is 0 Å². The molecule has 0 unspecified atom stereocenters. The Hall–Kier alpha value is -4.31. The van der Waals surface area contributed by atoms with Crippen molar-refractivity contribution in [2.24, 2.45) is 0 Å². The number of fused-ring (bicyclic) bond motifs is 1. The molecule has 0 radical (unpaired) electrons. The average molecular weight is 506 g/mol. The minimum atomic E-state index is -0.254. The van der Waals surface area contributed by atoms with Crippen molar-refractivity contribution in [2.45, 2.75) is 13.0 Å². The van der Waals surface area contributed by atoms with Crippen molar-refractivity contribution in [1.29, 1.82) is 0 Å². The van der Waals surface area contributed by atoms with Crippen molar-refractivity contribution in [3.8, 4) is 33.9 Å². The molecule has 1 amide bonds. The monoisotopic (exact) mass is 505 g/mol. The predicted octanol–water partition coefficient (Wildman–Crippen LogP) is 4.60. The topological polar surface area (TPSA) is 101 Å². The minimum Gasteiger partial charge on any atom is -0.497 e. The molecule has 0 atom stereocenters. The quantitative estimate of drug-likeness (QED) is 0.352. The SMILES string of the molecule is COc1cccc(Cc2nsc(Oc3cc(C(=O)NCc4ccc5c(c4)OCO5)ccc3OC)n2)c1. The van der Waals surface area contributed by atoms with Gasteiger partial charge < -0.3 is 29.0 Å². The van der Waals surface area contributed by atoms with E-state index in [-0.39, 0.29) is 12.7 Å². The van der Waals surface area contributed by atoms with Gasteiger partial charge in [-0.1, -0.05) is 18.2 Å². The molecule has 1 aliphatic rings.